The second kappa shape index (κ2) is 8.93. The molecule has 2 unspecified atom stereocenters. The van der Waals surface area contributed by atoms with Gasteiger partial charge in [-0.2, -0.15) is 0 Å². The van der Waals surface area contributed by atoms with E-state index in [0.29, 0.717) is 11.5 Å². The van der Waals surface area contributed by atoms with Crippen molar-refractivity contribution in [3.63, 3.8) is 0 Å². The zero-order chi connectivity index (χ0) is 13.3. The van der Waals surface area contributed by atoms with Crippen LogP contribution >= 0.6 is 0 Å². The fourth-order valence-electron chi connectivity index (χ4n) is 2.48. The van der Waals surface area contributed by atoms with Crippen LogP contribution in [0.5, 0.6) is 0 Å². The van der Waals surface area contributed by atoms with E-state index in [1.807, 2.05) is 0 Å². The molecule has 0 aliphatic heterocycles. The summed E-state index contributed by atoms with van der Waals surface area (Å²) in [5.74, 6) is 0.754. The average molecular weight is 243 g/mol. The SMILES string of the molecule is CCCOCC(CC(C)CC(C)(C)C)NCC. The fourth-order valence-corrected chi connectivity index (χ4v) is 2.48. The third-order valence-corrected chi connectivity index (χ3v) is 2.81. The molecule has 0 aromatic carbocycles. The van der Waals surface area contributed by atoms with Crippen molar-refractivity contribution in [3.8, 4) is 0 Å². The van der Waals surface area contributed by atoms with Crippen LogP contribution in [0.4, 0.5) is 0 Å². The molecule has 0 fully saturated rings. The second-order valence-electron chi connectivity index (χ2n) is 6.44. The molecule has 0 aromatic rings. The Balaban J connectivity index is 3.96. The highest BCUT2D eigenvalue weighted by molar-refractivity contribution is 4.73. The van der Waals surface area contributed by atoms with Crippen LogP contribution in [0.2, 0.25) is 0 Å². The molecule has 0 amide bonds. The Kier molecular flexibility index (Phi) is 8.89. The molecule has 17 heavy (non-hydrogen) atoms. The molecular formula is C15H33NO. The van der Waals surface area contributed by atoms with Crippen molar-refractivity contribution in [2.24, 2.45) is 11.3 Å². The van der Waals surface area contributed by atoms with Crippen molar-refractivity contribution < 1.29 is 4.74 Å². The van der Waals surface area contributed by atoms with E-state index in [-0.39, 0.29) is 0 Å². The first-order valence-corrected chi connectivity index (χ1v) is 7.20. The van der Waals surface area contributed by atoms with Crippen molar-refractivity contribution in [1.82, 2.24) is 5.32 Å². The quantitative estimate of drug-likeness (QED) is 0.621. The maximum atomic E-state index is 5.67. The zero-order valence-electron chi connectivity index (χ0n) is 12.8. The predicted molar refractivity (Wildman–Crippen MR) is 76.4 cm³/mol. The van der Waals surface area contributed by atoms with Crippen molar-refractivity contribution in [2.75, 3.05) is 19.8 Å². The Bertz CT molecular complexity index is 174. The molecule has 104 valence electrons. The molecule has 0 aromatic heterocycles. The lowest BCUT2D eigenvalue weighted by Gasteiger charge is -2.27. The van der Waals surface area contributed by atoms with E-state index in [0.717, 1.165) is 32.1 Å². The van der Waals surface area contributed by atoms with Gasteiger partial charge in [-0.3, -0.25) is 0 Å². The number of nitrogens with one attached hydrogen (secondary N) is 1. The summed E-state index contributed by atoms with van der Waals surface area (Å²) in [5, 5.41) is 3.53. The van der Waals surface area contributed by atoms with Gasteiger partial charge in [0.2, 0.25) is 0 Å². The van der Waals surface area contributed by atoms with Crippen LogP contribution in [0.15, 0.2) is 0 Å². The standard InChI is InChI=1S/C15H33NO/c1-7-9-17-12-14(16-8-2)10-13(3)11-15(4,5)6/h13-14,16H,7-12H2,1-6H3. The predicted octanol–water partition coefficient (Wildman–Crippen LogP) is 3.85. The van der Waals surface area contributed by atoms with Gasteiger partial charge >= 0.3 is 0 Å². The van der Waals surface area contributed by atoms with Gasteiger partial charge in [0.15, 0.2) is 0 Å². The van der Waals surface area contributed by atoms with E-state index in [1.165, 1.54) is 12.8 Å². The van der Waals surface area contributed by atoms with E-state index in [2.05, 4.69) is 46.9 Å². The minimum Gasteiger partial charge on any atom is -0.380 e. The number of likely N-dealkylation sites (N-methyl/N-ethyl adjacent to an activating group) is 1. The Morgan fingerprint density at radius 2 is 1.82 bits per heavy atom. The van der Waals surface area contributed by atoms with Gasteiger partial charge in [0.1, 0.15) is 0 Å². The van der Waals surface area contributed by atoms with Gasteiger partial charge in [0, 0.05) is 12.6 Å². The van der Waals surface area contributed by atoms with E-state index >= 15 is 0 Å². The molecule has 0 heterocycles. The lowest BCUT2D eigenvalue weighted by molar-refractivity contribution is 0.102. The molecular weight excluding hydrogens is 210 g/mol. The van der Waals surface area contributed by atoms with Gasteiger partial charge < -0.3 is 10.1 Å². The van der Waals surface area contributed by atoms with Gasteiger partial charge in [-0.1, -0.05) is 41.5 Å². The number of ether oxygens (including phenoxy) is 1. The van der Waals surface area contributed by atoms with Gasteiger partial charge in [0.25, 0.3) is 0 Å². The molecule has 2 nitrogen and oxygen atoms in total. The number of hydrogen-bond donors (Lipinski definition) is 1. The number of rotatable bonds is 9. The normalized spacial score (nSPS) is 15.9. The zero-order valence-corrected chi connectivity index (χ0v) is 12.8. The summed E-state index contributed by atoms with van der Waals surface area (Å²) in [6.07, 6.45) is 3.61. The Morgan fingerprint density at radius 3 is 2.29 bits per heavy atom. The molecule has 0 spiro atoms. The summed E-state index contributed by atoms with van der Waals surface area (Å²) in [6, 6.07) is 0.517. The van der Waals surface area contributed by atoms with Gasteiger partial charge in [0.05, 0.1) is 6.61 Å². The van der Waals surface area contributed by atoms with Gasteiger partial charge in [-0.25, -0.2) is 0 Å². The van der Waals surface area contributed by atoms with Gasteiger partial charge in [-0.15, -0.1) is 0 Å². The van der Waals surface area contributed by atoms with Crippen LogP contribution < -0.4 is 5.32 Å². The van der Waals surface area contributed by atoms with Crippen LogP contribution in [-0.2, 0) is 4.74 Å². The Morgan fingerprint density at radius 1 is 1.18 bits per heavy atom. The van der Waals surface area contributed by atoms with E-state index < -0.39 is 0 Å². The topological polar surface area (TPSA) is 21.3 Å². The summed E-state index contributed by atoms with van der Waals surface area (Å²) in [7, 11) is 0. The third-order valence-electron chi connectivity index (χ3n) is 2.81. The third kappa shape index (κ3) is 10.8. The van der Waals surface area contributed by atoms with E-state index in [4.69, 9.17) is 4.74 Å². The van der Waals surface area contributed by atoms with Crippen LogP contribution in [0.3, 0.4) is 0 Å². The molecule has 0 radical (unpaired) electrons. The summed E-state index contributed by atoms with van der Waals surface area (Å²) < 4.78 is 5.67. The highest BCUT2D eigenvalue weighted by atomic mass is 16.5. The highest BCUT2D eigenvalue weighted by Gasteiger charge is 2.18. The maximum Gasteiger partial charge on any atom is 0.0619 e. The van der Waals surface area contributed by atoms with Crippen LogP contribution in [0.1, 0.15) is 60.8 Å². The van der Waals surface area contributed by atoms with Crippen molar-refractivity contribution in [2.45, 2.75) is 66.8 Å². The van der Waals surface area contributed by atoms with E-state index in [1.54, 1.807) is 0 Å². The second-order valence-corrected chi connectivity index (χ2v) is 6.44. The molecule has 1 N–H and O–H groups in total. The van der Waals surface area contributed by atoms with Gasteiger partial charge in [-0.05, 0) is 37.1 Å². The molecule has 0 bridgehead atoms. The number of hydrogen-bond acceptors (Lipinski definition) is 2. The van der Waals surface area contributed by atoms with Crippen LogP contribution in [0.25, 0.3) is 0 Å². The van der Waals surface area contributed by atoms with Crippen LogP contribution in [-0.4, -0.2) is 25.8 Å². The van der Waals surface area contributed by atoms with Crippen molar-refractivity contribution in [1.29, 1.82) is 0 Å². The molecule has 0 rings (SSSR count). The van der Waals surface area contributed by atoms with Crippen molar-refractivity contribution >= 4 is 0 Å². The summed E-state index contributed by atoms with van der Waals surface area (Å²) in [6.45, 7) is 16.4. The minimum atomic E-state index is 0.431. The summed E-state index contributed by atoms with van der Waals surface area (Å²) in [5.41, 5.74) is 0.431. The largest absolute Gasteiger partial charge is 0.380 e. The van der Waals surface area contributed by atoms with E-state index in [9.17, 15) is 0 Å². The molecule has 2 heteroatoms. The first-order chi connectivity index (χ1) is 7.89. The Labute approximate surface area is 109 Å². The lowest BCUT2D eigenvalue weighted by Crippen LogP contribution is -2.35. The Hall–Kier alpha value is -0.0800. The molecule has 0 saturated carbocycles. The fraction of sp³-hybridized carbons (Fsp3) is 1.00. The summed E-state index contributed by atoms with van der Waals surface area (Å²) >= 11 is 0. The maximum absolute atomic E-state index is 5.67. The molecule has 0 aliphatic carbocycles. The smallest absolute Gasteiger partial charge is 0.0619 e. The molecule has 2 atom stereocenters. The van der Waals surface area contributed by atoms with Crippen LogP contribution in [0, 0.1) is 11.3 Å². The molecule has 0 aliphatic rings. The summed E-state index contributed by atoms with van der Waals surface area (Å²) in [4.78, 5) is 0. The first-order valence-electron chi connectivity index (χ1n) is 7.20. The molecule has 0 saturated heterocycles. The first kappa shape index (κ1) is 16.9. The highest BCUT2D eigenvalue weighted by Crippen LogP contribution is 2.26. The van der Waals surface area contributed by atoms with Crippen molar-refractivity contribution in [3.05, 3.63) is 0 Å². The monoisotopic (exact) mass is 243 g/mol. The lowest BCUT2D eigenvalue weighted by atomic mass is 9.83. The average Bonchev–Trinajstić information content (AvgIpc) is 2.15. The minimum absolute atomic E-state index is 0.431.